The van der Waals surface area contributed by atoms with Crippen LogP contribution in [0.25, 0.3) is 0 Å². The number of hydrogen-bond donors (Lipinski definition) is 2. The quantitative estimate of drug-likeness (QED) is 0.548. The number of phenols is 1. The number of carbonyl (C=O) groups is 1. The molecule has 0 saturated heterocycles. The van der Waals surface area contributed by atoms with Crippen molar-refractivity contribution in [3.05, 3.63) is 23.3 Å². The molecule has 0 aliphatic heterocycles. The lowest BCUT2D eigenvalue weighted by Crippen LogP contribution is -1.90. The molecule has 78 valence electrons. The van der Waals surface area contributed by atoms with E-state index in [2.05, 4.69) is 11.8 Å². The number of methoxy groups -OCH3 is 1. The topological polar surface area (TPSA) is 66.8 Å². The number of rotatable bonds is 2. The average molecular weight is 206 g/mol. The van der Waals surface area contributed by atoms with Crippen LogP contribution in [0, 0.1) is 11.8 Å². The summed E-state index contributed by atoms with van der Waals surface area (Å²) in [6.45, 7) is -0.264. The molecule has 1 rings (SSSR count). The van der Waals surface area contributed by atoms with Crippen LogP contribution in [0.5, 0.6) is 11.5 Å². The Hall–Kier alpha value is -1.99. The minimum Gasteiger partial charge on any atom is -0.504 e. The zero-order valence-corrected chi connectivity index (χ0v) is 8.15. The van der Waals surface area contributed by atoms with E-state index in [-0.39, 0.29) is 23.7 Å². The summed E-state index contributed by atoms with van der Waals surface area (Å²) in [5.41, 5.74) is 0.609. The van der Waals surface area contributed by atoms with Crippen LogP contribution in [0.2, 0.25) is 0 Å². The third-order valence-corrected chi connectivity index (χ3v) is 1.76. The molecule has 0 saturated carbocycles. The van der Waals surface area contributed by atoms with Crippen LogP contribution in [0.15, 0.2) is 12.1 Å². The third kappa shape index (κ3) is 2.48. The maximum absolute atomic E-state index is 10.6. The second kappa shape index (κ2) is 5.03. The molecule has 1 aromatic rings. The molecule has 15 heavy (non-hydrogen) atoms. The van der Waals surface area contributed by atoms with Gasteiger partial charge in [0.1, 0.15) is 6.61 Å². The SMILES string of the molecule is COc1cc(C#CCO)cc(C=O)c1O. The maximum atomic E-state index is 10.6. The first-order valence-electron chi connectivity index (χ1n) is 4.18. The fourth-order valence-corrected chi connectivity index (χ4v) is 1.09. The number of aldehydes is 1. The first-order valence-corrected chi connectivity index (χ1v) is 4.18. The monoisotopic (exact) mass is 206 g/mol. The molecule has 0 aliphatic rings. The van der Waals surface area contributed by atoms with Crippen LogP contribution in [-0.2, 0) is 0 Å². The average Bonchev–Trinajstić information content (AvgIpc) is 2.27. The Labute approximate surface area is 87.1 Å². The predicted molar refractivity (Wildman–Crippen MR) is 54.0 cm³/mol. The Bertz CT molecular complexity index is 426. The van der Waals surface area contributed by atoms with Gasteiger partial charge in [-0.05, 0) is 12.1 Å². The molecule has 0 radical (unpaired) electrons. The van der Waals surface area contributed by atoms with Gasteiger partial charge >= 0.3 is 0 Å². The third-order valence-electron chi connectivity index (χ3n) is 1.76. The summed E-state index contributed by atoms with van der Waals surface area (Å²) in [5, 5.41) is 18.0. The highest BCUT2D eigenvalue weighted by molar-refractivity contribution is 5.82. The largest absolute Gasteiger partial charge is 0.504 e. The number of carbonyl (C=O) groups excluding carboxylic acids is 1. The van der Waals surface area contributed by atoms with Gasteiger partial charge in [0.2, 0.25) is 0 Å². The summed E-state index contributed by atoms with van der Waals surface area (Å²) in [6, 6.07) is 2.92. The van der Waals surface area contributed by atoms with Crippen LogP contribution in [0.1, 0.15) is 15.9 Å². The van der Waals surface area contributed by atoms with Crippen molar-refractivity contribution in [3.63, 3.8) is 0 Å². The highest BCUT2D eigenvalue weighted by atomic mass is 16.5. The molecule has 0 atom stereocenters. The van der Waals surface area contributed by atoms with Crippen LogP contribution in [0.3, 0.4) is 0 Å². The van der Waals surface area contributed by atoms with E-state index in [1.165, 1.54) is 19.2 Å². The van der Waals surface area contributed by atoms with Crippen molar-refractivity contribution in [1.29, 1.82) is 0 Å². The van der Waals surface area contributed by atoms with Crippen molar-refractivity contribution < 1.29 is 19.7 Å². The molecular formula is C11H10O4. The van der Waals surface area contributed by atoms with Crippen LogP contribution in [0.4, 0.5) is 0 Å². The minimum atomic E-state index is -0.264. The van der Waals surface area contributed by atoms with Gasteiger partial charge in [-0.1, -0.05) is 11.8 Å². The van der Waals surface area contributed by atoms with E-state index in [1.807, 2.05) is 0 Å². The van der Waals surface area contributed by atoms with Crippen molar-refractivity contribution in [2.75, 3.05) is 13.7 Å². The predicted octanol–water partition coefficient (Wildman–Crippen LogP) is 0.557. The van der Waals surface area contributed by atoms with Crippen LogP contribution >= 0.6 is 0 Å². The number of hydrogen-bond acceptors (Lipinski definition) is 4. The van der Waals surface area contributed by atoms with E-state index in [1.54, 1.807) is 0 Å². The zero-order chi connectivity index (χ0) is 11.3. The highest BCUT2D eigenvalue weighted by Gasteiger charge is 2.08. The number of benzene rings is 1. The molecule has 0 aliphatic carbocycles. The molecule has 2 N–H and O–H groups in total. The molecule has 0 heterocycles. The molecule has 0 spiro atoms. The van der Waals surface area contributed by atoms with Crippen molar-refractivity contribution in [1.82, 2.24) is 0 Å². The molecule has 0 fully saturated rings. The van der Waals surface area contributed by atoms with Gasteiger partial charge in [0.15, 0.2) is 17.8 Å². The van der Waals surface area contributed by atoms with Gasteiger partial charge in [0.05, 0.1) is 12.7 Å². The van der Waals surface area contributed by atoms with Crippen LogP contribution < -0.4 is 4.74 Å². The van der Waals surface area contributed by atoms with Gasteiger partial charge < -0.3 is 14.9 Å². The lowest BCUT2D eigenvalue weighted by atomic mass is 10.1. The van der Waals surface area contributed by atoms with E-state index >= 15 is 0 Å². The smallest absolute Gasteiger partial charge is 0.168 e. The Morgan fingerprint density at radius 2 is 2.27 bits per heavy atom. The summed E-state index contributed by atoms with van der Waals surface area (Å²) >= 11 is 0. The normalized spacial score (nSPS) is 8.93. The van der Waals surface area contributed by atoms with Gasteiger partial charge in [0, 0.05) is 5.56 Å². The fourth-order valence-electron chi connectivity index (χ4n) is 1.09. The summed E-state index contributed by atoms with van der Waals surface area (Å²) in [6.07, 6.45) is 0.516. The van der Waals surface area contributed by atoms with Gasteiger partial charge in [0.25, 0.3) is 0 Å². The van der Waals surface area contributed by atoms with E-state index in [0.717, 1.165) is 0 Å². The minimum absolute atomic E-state index is 0.108. The van der Waals surface area contributed by atoms with E-state index in [4.69, 9.17) is 9.84 Å². The van der Waals surface area contributed by atoms with Crippen molar-refractivity contribution in [3.8, 4) is 23.3 Å². The molecule has 0 bridgehead atoms. The summed E-state index contributed by atoms with van der Waals surface area (Å²) in [5.74, 6) is 5.04. The Morgan fingerprint density at radius 1 is 1.53 bits per heavy atom. The zero-order valence-electron chi connectivity index (χ0n) is 8.15. The Kier molecular flexibility index (Phi) is 3.72. The molecule has 4 heteroatoms. The summed E-state index contributed by atoms with van der Waals surface area (Å²) < 4.78 is 4.87. The van der Waals surface area contributed by atoms with Gasteiger partial charge in [-0.2, -0.15) is 0 Å². The number of aliphatic hydroxyl groups is 1. The molecular weight excluding hydrogens is 196 g/mol. The Morgan fingerprint density at radius 3 is 2.80 bits per heavy atom. The first kappa shape index (κ1) is 11.1. The lowest BCUT2D eigenvalue weighted by molar-refractivity contribution is 0.112. The fraction of sp³-hybridized carbons (Fsp3) is 0.182. The highest BCUT2D eigenvalue weighted by Crippen LogP contribution is 2.29. The van der Waals surface area contributed by atoms with Gasteiger partial charge in [-0.15, -0.1) is 0 Å². The number of aliphatic hydroxyl groups excluding tert-OH is 1. The molecule has 4 nitrogen and oxygen atoms in total. The lowest BCUT2D eigenvalue weighted by Gasteiger charge is -2.05. The van der Waals surface area contributed by atoms with E-state index < -0.39 is 0 Å². The van der Waals surface area contributed by atoms with Crippen molar-refractivity contribution >= 4 is 6.29 Å². The Balaban J connectivity index is 3.26. The molecule has 0 amide bonds. The summed E-state index contributed by atoms with van der Waals surface area (Å²) in [4.78, 5) is 10.6. The number of ether oxygens (including phenoxy) is 1. The standard InChI is InChI=1S/C11H10O4/c1-15-10-6-8(3-2-4-12)5-9(7-13)11(10)14/h5-7,12,14H,4H2,1H3. The van der Waals surface area contributed by atoms with Gasteiger partial charge in [-0.3, -0.25) is 4.79 Å². The van der Waals surface area contributed by atoms with E-state index in [0.29, 0.717) is 11.8 Å². The van der Waals surface area contributed by atoms with E-state index in [9.17, 15) is 9.90 Å². The van der Waals surface area contributed by atoms with Gasteiger partial charge in [-0.25, -0.2) is 0 Å². The maximum Gasteiger partial charge on any atom is 0.168 e. The second-order valence-electron chi connectivity index (χ2n) is 2.69. The molecule has 1 aromatic carbocycles. The number of phenolic OH excluding ortho intramolecular Hbond substituents is 1. The van der Waals surface area contributed by atoms with Crippen molar-refractivity contribution in [2.45, 2.75) is 0 Å². The molecule has 0 aromatic heterocycles. The van der Waals surface area contributed by atoms with Crippen LogP contribution in [-0.4, -0.2) is 30.2 Å². The van der Waals surface area contributed by atoms with Crippen molar-refractivity contribution in [2.24, 2.45) is 0 Å². The molecule has 0 unspecified atom stereocenters. The summed E-state index contributed by atoms with van der Waals surface area (Å²) in [7, 11) is 1.38. The first-order chi connectivity index (χ1) is 7.22. The second-order valence-corrected chi connectivity index (χ2v) is 2.69. The number of aromatic hydroxyl groups is 1.